The standard InChI is InChI=1S/C8H13N3O/c1-4-7-9-8(10-12-7)11(5-2)6-3/h4H,1,5-6H2,2-3H3. The smallest absolute Gasteiger partial charge is 0.266 e. The van der Waals surface area contributed by atoms with Gasteiger partial charge in [0.1, 0.15) is 0 Å². The van der Waals surface area contributed by atoms with Crippen molar-refractivity contribution < 1.29 is 4.52 Å². The Morgan fingerprint density at radius 1 is 1.50 bits per heavy atom. The first-order valence-corrected chi connectivity index (χ1v) is 4.02. The van der Waals surface area contributed by atoms with Crippen LogP contribution in [0.25, 0.3) is 6.08 Å². The highest BCUT2D eigenvalue weighted by Crippen LogP contribution is 2.08. The van der Waals surface area contributed by atoms with Gasteiger partial charge in [0, 0.05) is 13.1 Å². The first kappa shape index (κ1) is 8.77. The van der Waals surface area contributed by atoms with Crippen LogP contribution in [0.15, 0.2) is 11.1 Å². The zero-order valence-electron chi connectivity index (χ0n) is 7.45. The minimum atomic E-state index is 0.469. The van der Waals surface area contributed by atoms with Crippen LogP contribution in [0.3, 0.4) is 0 Å². The SMILES string of the molecule is C=Cc1nc(N(CC)CC)no1. The fourth-order valence-electron chi connectivity index (χ4n) is 0.945. The van der Waals surface area contributed by atoms with Crippen LogP contribution in [0.2, 0.25) is 0 Å². The normalized spacial score (nSPS) is 9.83. The molecule has 0 aliphatic heterocycles. The zero-order chi connectivity index (χ0) is 8.97. The Kier molecular flexibility index (Phi) is 2.85. The Labute approximate surface area is 71.9 Å². The second kappa shape index (κ2) is 3.90. The fourth-order valence-corrected chi connectivity index (χ4v) is 0.945. The minimum Gasteiger partial charge on any atom is -0.339 e. The van der Waals surface area contributed by atoms with Gasteiger partial charge < -0.3 is 9.42 Å². The molecule has 0 saturated heterocycles. The maximum absolute atomic E-state index is 4.88. The Morgan fingerprint density at radius 3 is 2.58 bits per heavy atom. The van der Waals surface area contributed by atoms with E-state index in [4.69, 9.17) is 4.52 Å². The molecule has 0 saturated carbocycles. The number of anilines is 1. The summed E-state index contributed by atoms with van der Waals surface area (Å²) in [5.74, 6) is 1.10. The fraction of sp³-hybridized carbons (Fsp3) is 0.500. The molecular formula is C8H13N3O. The Bertz CT molecular complexity index is 253. The number of hydrogen-bond donors (Lipinski definition) is 0. The number of aromatic nitrogens is 2. The highest BCUT2D eigenvalue weighted by atomic mass is 16.5. The van der Waals surface area contributed by atoms with Gasteiger partial charge in [-0.3, -0.25) is 0 Å². The van der Waals surface area contributed by atoms with Gasteiger partial charge in [-0.1, -0.05) is 6.58 Å². The third-order valence-corrected chi connectivity index (χ3v) is 1.65. The molecule has 0 aromatic carbocycles. The maximum Gasteiger partial charge on any atom is 0.266 e. The van der Waals surface area contributed by atoms with E-state index < -0.39 is 0 Å². The third-order valence-electron chi connectivity index (χ3n) is 1.65. The largest absolute Gasteiger partial charge is 0.339 e. The summed E-state index contributed by atoms with van der Waals surface area (Å²) >= 11 is 0. The van der Waals surface area contributed by atoms with Gasteiger partial charge in [-0.05, 0) is 25.1 Å². The summed E-state index contributed by atoms with van der Waals surface area (Å²) in [7, 11) is 0. The molecule has 0 bridgehead atoms. The van der Waals surface area contributed by atoms with E-state index in [2.05, 4.69) is 16.7 Å². The Morgan fingerprint density at radius 2 is 2.17 bits per heavy atom. The van der Waals surface area contributed by atoms with Crippen LogP contribution in [0.5, 0.6) is 0 Å². The summed E-state index contributed by atoms with van der Waals surface area (Å²) in [5, 5.41) is 3.80. The topological polar surface area (TPSA) is 42.2 Å². The summed E-state index contributed by atoms with van der Waals surface area (Å²) in [6.07, 6.45) is 1.54. The van der Waals surface area contributed by atoms with Gasteiger partial charge in [0.05, 0.1) is 0 Å². The maximum atomic E-state index is 4.88. The van der Waals surface area contributed by atoms with E-state index in [1.54, 1.807) is 6.08 Å². The molecule has 0 amide bonds. The lowest BCUT2D eigenvalue weighted by molar-refractivity contribution is 0.409. The monoisotopic (exact) mass is 167 g/mol. The van der Waals surface area contributed by atoms with Crippen molar-refractivity contribution in [1.82, 2.24) is 10.1 Å². The van der Waals surface area contributed by atoms with Crippen molar-refractivity contribution in [1.29, 1.82) is 0 Å². The van der Waals surface area contributed by atoms with E-state index in [1.807, 2.05) is 18.7 Å². The lowest BCUT2D eigenvalue weighted by atomic mass is 10.5. The van der Waals surface area contributed by atoms with Gasteiger partial charge in [0.25, 0.3) is 11.8 Å². The van der Waals surface area contributed by atoms with Crippen LogP contribution < -0.4 is 4.90 Å². The van der Waals surface area contributed by atoms with Crippen LogP contribution in [-0.2, 0) is 0 Å². The molecule has 0 unspecified atom stereocenters. The Hall–Kier alpha value is -1.32. The molecular weight excluding hydrogens is 154 g/mol. The molecule has 1 aromatic heterocycles. The van der Waals surface area contributed by atoms with Crippen molar-refractivity contribution >= 4 is 12.0 Å². The summed E-state index contributed by atoms with van der Waals surface area (Å²) in [6, 6.07) is 0. The highest BCUT2D eigenvalue weighted by Gasteiger charge is 2.08. The molecule has 0 aliphatic rings. The number of nitrogens with zero attached hydrogens (tertiary/aromatic N) is 3. The zero-order valence-corrected chi connectivity index (χ0v) is 7.45. The molecule has 66 valence electrons. The molecule has 0 radical (unpaired) electrons. The Balaban J connectivity index is 2.79. The lowest BCUT2D eigenvalue weighted by Crippen LogP contribution is -2.22. The average Bonchev–Trinajstić information content (AvgIpc) is 2.55. The molecule has 1 rings (SSSR count). The third kappa shape index (κ3) is 1.64. The molecule has 4 heteroatoms. The van der Waals surface area contributed by atoms with Crippen LogP contribution in [0.4, 0.5) is 5.95 Å². The first-order valence-electron chi connectivity index (χ1n) is 4.02. The van der Waals surface area contributed by atoms with Crippen molar-refractivity contribution in [2.75, 3.05) is 18.0 Å². The first-order chi connectivity index (χ1) is 5.81. The van der Waals surface area contributed by atoms with E-state index in [-0.39, 0.29) is 0 Å². The molecule has 1 heterocycles. The van der Waals surface area contributed by atoms with Gasteiger partial charge in [0.15, 0.2) is 0 Å². The molecule has 0 N–H and O–H groups in total. The van der Waals surface area contributed by atoms with Gasteiger partial charge >= 0.3 is 0 Å². The molecule has 0 spiro atoms. The predicted molar refractivity (Wildman–Crippen MR) is 48.0 cm³/mol. The summed E-state index contributed by atoms with van der Waals surface area (Å²) in [5.41, 5.74) is 0. The minimum absolute atomic E-state index is 0.469. The molecule has 4 nitrogen and oxygen atoms in total. The summed E-state index contributed by atoms with van der Waals surface area (Å²) in [4.78, 5) is 6.11. The van der Waals surface area contributed by atoms with Crippen LogP contribution >= 0.6 is 0 Å². The van der Waals surface area contributed by atoms with Crippen molar-refractivity contribution in [3.8, 4) is 0 Å². The van der Waals surface area contributed by atoms with Crippen molar-refractivity contribution in [3.05, 3.63) is 12.5 Å². The van der Waals surface area contributed by atoms with E-state index in [1.165, 1.54) is 0 Å². The quantitative estimate of drug-likeness (QED) is 0.682. The van der Waals surface area contributed by atoms with Crippen LogP contribution in [0, 0.1) is 0 Å². The van der Waals surface area contributed by atoms with Gasteiger partial charge in [-0.15, -0.1) is 0 Å². The molecule has 12 heavy (non-hydrogen) atoms. The highest BCUT2D eigenvalue weighted by molar-refractivity contribution is 5.38. The van der Waals surface area contributed by atoms with Crippen molar-refractivity contribution in [2.24, 2.45) is 0 Å². The van der Waals surface area contributed by atoms with Crippen LogP contribution in [-0.4, -0.2) is 23.2 Å². The predicted octanol–water partition coefficient (Wildman–Crippen LogP) is 1.56. The van der Waals surface area contributed by atoms with Gasteiger partial charge in [0.2, 0.25) is 0 Å². The number of rotatable bonds is 4. The van der Waals surface area contributed by atoms with Crippen molar-refractivity contribution in [3.63, 3.8) is 0 Å². The van der Waals surface area contributed by atoms with Gasteiger partial charge in [-0.2, -0.15) is 4.98 Å². The second-order valence-electron chi connectivity index (χ2n) is 2.31. The van der Waals surface area contributed by atoms with E-state index in [9.17, 15) is 0 Å². The molecule has 0 atom stereocenters. The van der Waals surface area contributed by atoms with Crippen LogP contribution in [0.1, 0.15) is 19.7 Å². The second-order valence-corrected chi connectivity index (χ2v) is 2.31. The van der Waals surface area contributed by atoms with Gasteiger partial charge in [-0.25, -0.2) is 0 Å². The number of hydrogen-bond acceptors (Lipinski definition) is 4. The van der Waals surface area contributed by atoms with E-state index >= 15 is 0 Å². The average molecular weight is 167 g/mol. The lowest BCUT2D eigenvalue weighted by Gasteiger charge is -2.14. The van der Waals surface area contributed by atoms with E-state index in [0.29, 0.717) is 11.8 Å². The summed E-state index contributed by atoms with van der Waals surface area (Å²) < 4.78 is 4.88. The summed E-state index contributed by atoms with van der Waals surface area (Å²) in [6.45, 7) is 9.40. The molecule has 0 fully saturated rings. The molecule has 0 aliphatic carbocycles. The molecule has 1 aromatic rings. The van der Waals surface area contributed by atoms with Crippen molar-refractivity contribution in [2.45, 2.75) is 13.8 Å². The van der Waals surface area contributed by atoms with E-state index in [0.717, 1.165) is 13.1 Å².